The van der Waals surface area contributed by atoms with E-state index in [-0.39, 0.29) is 0 Å². The lowest BCUT2D eigenvalue weighted by molar-refractivity contribution is 0.00107. The van der Waals surface area contributed by atoms with E-state index in [4.69, 9.17) is 5.21 Å². The highest BCUT2D eigenvalue weighted by Gasteiger charge is 2.06. The van der Waals surface area contributed by atoms with Crippen LogP contribution in [0.3, 0.4) is 0 Å². The van der Waals surface area contributed by atoms with E-state index >= 15 is 0 Å². The average Bonchev–Trinajstić information content (AvgIpc) is 2.16. The maximum Gasteiger partial charge on any atom is 0.150 e. The molecule has 0 radical (unpaired) electrons. The summed E-state index contributed by atoms with van der Waals surface area (Å²) in [5, 5.41) is 10.0. The largest absolute Gasteiger partial charge is 0.298 e. The van der Waals surface area contributed by atoms with Gasteiger partial charge in [-0.15, -0.1) is 0 Å². The van der Waals surface area contributed by atoms with E-state index in [2.05, 4.69) is 6.58 Å². The van der Waals surface area contributed by atoms with Gasteiger partial charge in [0.25, 0.3) is 0 Å². The number of rotatable bonds is 3. The molecule has 1 rings (SSSR count). The highest BCUT2D eigenvalue weighted by molar-refractivity contribution is 5.84. The zero-order chi connectivity index (χ0) is 9.84. The number of hydrogen-bond acceptors (Lipinski definition) is 3. The summed E-state index contributed by atoms with van der Waals surface area (Å²) in [4.78, 5) is 10.6. The summed E-state index contributed by atoms with van der Waals surface area (Å²) in [6.07, 6.45) is 0.740. The molecule has 1 aromatic rings. The summed E-state index contributed by atoms with van der Waals surface area (Å²) >= 11 is 0. The molecule has 3 heteroatoms. The van der Waals surface area contributed by atoms with Crippen LogP contribution in [-0.4, -0.2) is 23.6 Å². The fraction of sp³-hybridized carbons (Fsp3) is 0.100. The van der Waals surface area contributed by atoms with Gasteiger partial charge in [0.15, 0.2) is 6.29 Å². The Kier molecular flexibility index (Phi) is 2.82. The second-order valence-electron chi connectivity index (χ2n) is 2.68. The summed E-state index contributed by atoms with van der Waals surface area (Å²) < 4.78 is 0. The summed E-state index contributed by atoms with van der Waals surface area (Å²) in [6, 6.07) is 6.96. The number of aldehydes is 1. The molecule has 0 heterocycles. The number of hydroxylamine groups is 2. The molecule has 0 aromatic heterocycles. The van der Waals surface area contributed by atoms with Gasteiger partial charge in [-0.2, -0.15) is 0 Å². The Labute approximate surface area is 76.9 Å². The standard InChI is InChI=1S/C10H11NO2/c1-8(11(2)13)10-6-4-3-5-9(10)7-12/h3-7,13H,1H2,2H3. The van der Waals surface area contributed by atoms with Crippen LogP contribution >= 0.6 is 0 Å². The van der Waals surface area contributed by atoms with Crippen molar-refractivity contribution in [3.8, 4) is 0 Å². The molecule has 0 aliphatic heterocycles. The molecule has 68 valence electrons. The van der Waals surface area contributed by atoms with Gasteiger partial charge in [-0.1, -0.05) is 30.8 Å². The van der Waals surface area contributed by atoms with Crippen LogP contribution < -0.4 is 0 Å². The Morgan fingerprint density at radius 3 is 2.69 bits per heavy atom. The molecule has 1 aromatic carbocycles. The van der Waals surface area contributed by atoms with Crippen LogP contribution in [0.4, 0.5) is 0 Å². The molecule has 0 spiro atoms. The Morgan fingerprint density at radius 1 is 1.54 bits per heavy atom. The first-order valence-electron chi connectivity index (χ1n) is 3.83. The van der Waals surface area contributed by atoms with Crippen LogP contribution in [0, 0.1) is 0 Å². The van der Waals surface area contributed by atoms with Gasteiger partial charge in [-0.3, -0.25) is 15.1 Å². The third-order valence-electron chi connectivity index (χ3n) is 1.79. The maximum absolute atomic E-state index is 10.6. The predicted octanol–water partition coefficient (Wildman–Crippen LogP) is 1.79. The molecular weight excluding hydrogens is 166 g/mol. The topological polar surface area (TPSA) is 40.5 Å². The minimum atomic E-state index is 0.405. The smallest absolute Gasteiger partial charge is 0.150 e. The van der Waals surface area contributed by atoms with Crippen molar-refractivity contribution in [2.45, 2.75) is 0 Å². The second-order valence-corrected chi connectivity index (χ2v) is 2.68. The van der Waals surface area contributed by atoms with E-state index in [0.717, 1.165) is 11.3 Å². The van der Waals surface area contributed by atoms with Gasteiger partial charge in [-0.05, 0) is 0 Å². The molecule has 0 aliphatic rings. The minimum absolute atomic E-state index is 0.405. The van der Waals surface area contributed by atoms with Crippen LogP contribution in [0.5, 0.6) is 0 Å². The van der Waals surface area contributed by atoms with E-state index < -0.39 is 0 Å². The van der Waals surface area contributed by atoms with Crippen LogP contribution in [-0.2, 0) is 0 Å². The fourth-order valence-corrected chi connectivity index (χ4v) is 1.04. The molecule has 0 aliphatic carbocycles. The van der Waals surface area contributed by atoms with Crippen molar-refractivity contribution in [3.05, 3.63) is 42.0 Å². The summed E-state index contributed by atoms with van der Waals surface area (Å²) in [5.41, 5.74) is 1.57. The van der Waals surface area contributed by atoms with Crippen molar-refractivity contribution in [1.82, 2.24) is 5.06 Å². The van der Waals surface area contributed by atoms with Crippen molar-refractivity contribution < 1.29 is 10.0 Å². The van der Waals surface area contributed by atoms with E-state index in [1.165, 1.54) is 7.05 Å². The first kappa shape index (κ1) is 9.48. The number of nitrogens with zero attached hydrogens (tertiary/aromatic N) is 1. The van der Waals surface area contributed by atoms with Crippen LogP contribution in [0.2, 0.25) is 0 Å². The Morgan fingerprint density at radius 2 is 2.15 bits per heavy atom. The summed E-state index contributed by atoms with van der Waals surface area (Å²) in [5.74, 6) is 0. The third-order valence-corrected chi connectivity index (χ3v) is 1.79. The van der Waals surface area contributed by atoms with E-state index in [1.54, 1.807) is 24.3 Å². The molecule has 0 saturated carbocycles. The van der Waals surface area contributed by atoms with Crippen molar-refractivity contribution >= 4 is 12.0 Å². The first-order valence-corrected chi connectivity index (χ1v) is 3.83. The predicted molar refractivity (Wildman–Crippen MR) is 50.4 cm³/mol. The second kappa shape index (κ2) is 3.87. The van der Waals surface area contributed by atoms with E-state index in [0.29, 0.717) is 16.8 Å². The molecule has 3 nitrogen and oxygen atoms in total. The zero-order valence-electron chi connectivity index (χ0n) is 7.40. The van der Waals surface area contributed by atoms with Gasteiger partial charge in [-0.25, -0.2) is 0 Å². The fourth-order valence-electron chi connectivity index (χ4n) is 1.04. The Balaban J connectivity index is 3.13. The number of benzene rings is 1. The minimum Gasteiger partial charge on any atom is -0.298 e. The molecular formula is C10H11NO2. The third kappa shape index (κ3) is 1.95. The van der Waals surface area contributed by atoms with Crippen molar-refractivity contribution in [3.63, 3.8) is 0 Å². The molecule has 0 unspecified atom stereocenters. The van der Waals surface area contributed by atoms with Crippen molar-refractivity contribution in [2.24, 2.45) is 0 Å². The Hall–Kier alpha value is -1.61. The Bertz CT molecular complexity index is 331. The number of carbonyl (C=O) groups excluding carboxylic acids is 1. The molecule has 1 N–H and O–H groups in total. The number of hydrogen-bond donors (Lipinski definition) is 1. The lowest BCUT2D eigenvalue weighted by Gasteiger charge is -2.14. The quantitative estimate of drug-likeness (QED) is 0.565. The molecule has 13 heavy (non-hydrogen) atoms. The van der Waals surface area contributed by atoms with Crippen molar-refractivity contribution in [1.29, 1.82) is 0 Å². The SMILES string of the molecule is C=C(c1ccccc1C=O)N(C)O. The molecule has 0 fully saturated rings. The van der Waals surface area contributed by atoms with E-state index in [9.17, 15) is 4.79 Å². The maximum atomic E-state index is 10.6. The normalized spacial score (nSPS) is 9.38. The molecule has 0 amide bonds. The molecule has 0 bridgehead atoms. The average molecular weight is 177 g/mol. The van der Waals surface area contributed by atoms with Crippen LogP contribution in [0.1, 0.15) is 15.9 Å². The monoisotopic (exact) mass is 177 g/mol. The van der Waals surface area contributed by atoms with Crippen molar-refractivity contribution in [2.75, 3.05) is 7.05 Å². The lowest BCUT2D eigenvalue weighted by atomic mass is 10.1. The van der Waals surface area contributed by atoms with Gasteiger partial charge >= 0.3 is 0 Å². The summed E-state index contributed by atoms with van der Waals surface area (Å²) in [6.45, 7) is 3.65. The zero-order valence-corrected chi connectivity index (χ0v) is 7.40. The van der Waals surface area contributed by atoms with Gasteiger partial charge in [0.05, 0.1) is 5.70 Å². The lowest BCUT2D eigenvalue weighted by Crippen LogP contribution is -2.11. The van der Waals surface area contributed by atoms with Crippen LogP contribution in [0.25, 0.3) is 5.70 Å². The van der Waals surface area contributed by atoms with Gasteiger partial charge in [0, 0.05) is 18.2 Å². The van der Waals surface area contributed by atoms with Crippen LogP contribution in [0.15, 0.2) is 30.8 Å². The first-order chi connectivity index (χ1) is 6.16. The summed E-state index contributed by atoms with van der Waals surface area (Å²) in [7, 11) is 1.46. The van der Waals surface area contributed by atoms with Gasteiger partial charge < -0.3 is 0 Å². The van der Waals surface area contributed by atoms with Gasteiger partial charge in [0.2, 0.25) is 0 Å². The number of carbonyl (C=O) groups is 1. The highest BCUT2D eigenvalue weighted by atomic mass is 16.5. The molecule has 0 atom stereocenters. The van der Waals surface area contributed by atoms with E-state index in [1.807, 2.05) is 0 Å². The van der Waals surface area contributed by atoms with Gasteiger partial charge in [0.1, 0.15) is 0 Å². The molecule has 0 saturated heterocycles. The highest BCUT2D eigenvalue weighted by Crippen LogP contribution is 2.17.